The third-order valence-corrected chi connectivity index (χ3v) is 3.95. The molecule has 1 aromatic heterocycles. The molecule has 0 saturated carbocycles. The van der Waals surface area contributed by atoms with Gasteiger partial charge in [-0.15, -0.1) is 0 Å². The number of halogens is 1. The number of likely N-dealkylation sites (tertiary alicyclic amines) is 1. The minimum Gasteiger partial charge on any atom is -0.472 e. The molecule has 0 bridgehead atoms. The Morgan fingerprint density at radius 2 is 2.13 bits per heavy atom. The molecule has 1 saturated heterocycles. The number of amides is 1. The van der Waals surface area contributed by atoms with Gasteiger partial charge < -0.3 is 9.64 Å². The van der Waals surface area contributed by atoms with E-state index in [2.05, 4.69) is 4.98 Å². The molecule has 0 radical (unpaired) electrons. The summed E-state index contributed by atoms with van der Waals surface area (Å²) in [5.41, 5.74) is 1.33. The number of nitrogens with zero attached hydrogens (tertiary/aromatic N) is 2. The minimum atomic E-state index is -0.336. The minimum absolute atomic E-state index is 0.0612. The summed E-state index contributed by atoms with van der Waals surface area (Å²) >= 11 is 0. The molecular weight excluding hydrogens is 295 g/mol. The van der Waals surface area contributed by atoms with Crippen molar-refractivity contribution in [3.05, 3.63) is 59.5 Å². The van der Waals surface area contributed by atoms with Crippen molar-refractivity contribution in [2.45, 2.75) is 25.9 Å². The molecule has 23 heavy (non-hydrogen) atoms. The zero-order valence-electron chi connectivity index (χ0n) is 13.0. The smallest absolute Gasteiger partial charge is 0.227 e. The number of ether oxygens (including phenoxy) is 1. The monoisotopic (exact) mass is 314 g/mol. The highest BCUT2D eigenvalue weighted by Crippen LogP contribution is 2.18. The maximum atomic E-state index is 13.6. The fourth-order valence-corrected chi connectivity index (χ4v) is 2.72. The Morgan fingerprint density at radius 3 is 2.91 bits per heavy atom. The first-order chi connectivity index (χ1) is 11.1. The van der Waals surface area contributed by atoms with Gasteiger partial charge in [-0.25, -0.2) is 9.37 Å². The number of aromatic nitrogens is 1. The molecule has 120 valence electrons. The molecule has 0 aliphatic carbocycles. The first-order valence-electron chi connectivity index (χ1n) is 7.73. The fraction of sp³-hybridized carbons (Fsp3) is 0.333. The molecule has 2 heterocycles. The highest BCUT2D eigenvalue weighted by Gasteiger charge is 2.28. The number of carbonyl (C=O) groups excluding carboxylic acids is 1. The van der Waals surface area contributed by atoms with Crippen LogP contribution in [0, 0.1) is 12.7 Å². The number of hydrogen-bond acceptors (Lipinski definition) is 3. The lowest BCUT2D eigenvalue weighted by atomic mass is 10.1. The molecular formula is C18H19FN2O2. The van der Waals surface area contributed by atoms with E-state index in [0.29, 0.717) is 24.5 Å². The van der Waals surface area contributed by atoms with Gasteiger partial charge in [-0.1, -0.05) is 24.3 Å². The van der Waals surface area contributed by atoms with Crippen LogP contribution >= 0.6 is 0 Å². The van der Waals surface area contributed by atoms with Crippen molar-refractivity contribution in [1.82, 2.24) is 9.88 Å². The van der Waals surface area contributed by atoms with Gasteiger partial charge in [-0.2, -0.15) is 0 Å². The van der Waals surface area contributed by atoms with Gasteiger partial charge in [-0.3, -0.25) is 4.79 Å². The van der Waals surface area contributed by atoms with E-state index in [0.717, 1.165) is 12.1 Å². The fourth-order valence-electron chi connectivity index (χ4n) is 2.72. The second kappa shape index (κ2) is 6.77. The maximum Gasteiger partial charge on any atom is 0.227 e. The Bertz CT molecular complexity index is 705. The Labute approximate surface area is 134 Å². The molecule has 5 heteroatoms. The summed E-state index contributed by atoms with van der Waals surface area (Å²) in [6.07, 6.45) is 0.787. The van der Waals surface area contributed by atoms with Crippen molar-refractivity contribution in [3.8, 4) is 5.88 Å². The summed E-state index contributed by atoms with van der Waals surface area (Å²) < 4.78 is 19.5. The molecule has 1 aliphatic heterocycles. The van der Waals surface area contributed by atoms with Crippen molar-refractivity contribution < 1.29 is 13.9 Å². The average Bonchev–Trinajstić information content (AvgIpc) is 2.98. The van der Waals surface area contributed by atoms with Crippen molar-refractivity contribution in [2.24, 2.45) is 0 Å². The molecule has 1 aliphatic rings. The summed E-state index contributed by atoms with van der Waals surface area (Å²) in [5.74, 6) is 0.175. The third-order valence-electron chi connectivity index (χ3n) is 3.95. The average molecular weight is 314 g/mol. The van der Waals surface area contributed by atoms with Crippen LogP contribution in [0.1, 0.15) is 17.7 Å². The number of benzene rings is 1. The van der Waals surface area contributed by atoms with Gasteiger partial charge in [0.2, 0.25) is 11.8 Å². The maximum absolute atomic E-state index is 13.6. The van der Waals surface area contributed by atoms with Crippen LogP contribution in [0.5, 0.6) is 5.88 Å². The van der Waals surface area contributed by atoms with Crippen LogP contribution in [0.2, 0.25) is 0 Å². The molecule has 2 aromatic rings. The molecule has 1 aromatic carbocycles. The lowest BCUT2D eigenvalue weighted by Crippen LogP contribution is -2.32. The number of carbonyl (C=O) groups is 1. The Morgan fingerprint density at radius 1 is 1.30 bits per heavy atom. The normalized spacial score (nSPS) is 17.3. The third kappa shape index (κ3) is 3.86. The number of pyridine rings is 1. The largest absolute Gasteiger partial charge is 0.472 e. The molecule has 0 N–H and O–H groups in total. The van der Waals surface area contributed by atoms with E-state index in [9.17, 15) is 9.18 Å². The molecule has 0 spiro atoms. The first kappa shape index (κ1) is 15.5. The number of hydrogen-bond donors (Lipinski definition) is 0. The second-order valence-electron chi connectivity index (χ2n) is 5.75. The van der Waals surface area contributed by atoms with Crippen LogP contribution < -0.4 is 4.74 Å². The Balaban J connectivity index is 1.57. The van der Waals surface area contributed by atoms with Crippen LogP contribution in [0.4, 0.5) is 4.39 Å². The second-order valence-corrected chi connectivity index (χ2v) is 5.75. The Kier molecular flexibility index (Phi) is 4.55. The van der Waals surface area contributed by atoms with Crippen molar-refractivity contribution in [1.29, 1.82) is 0 Å². The summed E-state index contributed by atoms with van der Waals surface area (Å²) in [4.78, 5) is 18.3. The lowest BCUT2D eigenvalue weighted by Gasteiger charge is -2.17. The first-order valence-corrected chi connectivity index (χ1v) is 7.73. The topological polar surface area (TPSA) is 42.4 Å². The summed E-state index contributed by atoms with van der Waals surface area (Å²) in [6.45, 7) is 3.05. The lowest BCUT2D eigenvalue weighted by molar-refractivity contribution is -0.129. The van der Waals surface area contributed by atoms with Gasteiger partial charge in [0.05, 0.1) is 13.0 Å². The highest BCUT2D eigenvalue weighted by atomic mass is 19.1. The van der Waals surface area contributed by atoms with Crippen LogP contribution in [0.15, 0.2) is 42.5 Å². The van der Waals surface area contributed by atoms with E-state index in [1.807, 2.05) is 25.1 Å². The van der Waals surface area contributed by atoms with Crippen molar-refractivity contribution >= 4 is 5.91 Å². The summed E-state index contributed by atoms with van der Waals surface area (Å²) in [7, 11) is 0. The van der Waals surface area contributed by atoms with E-state index < -0.39 is 0 Å². The summed E-state index contributed by atoms with van der Waals surface area (Å²) in [5, 5.41) is 0. The number of rotatable bonds is 4. The quantitative estimate of drug-likeness (QED) is 0.871. The van der Waals surface area contributed by atoms with Crippen LogP contribution in [-0.4, -0.2) is 35.0 Å². The van der Waals surface area contributed by atoms with Gasteiger partial charge in [0.25, 0.3) is 0 Å². The number of aryl methyl sites for hydroxylation is 1. The predicted molar refractivity (Wildman–Crippen MR) is 84.7 cm³/mol. The molecule has 1 fully saturated rings. The van der Waals surface area contributed by atoms with Crippen molar-refractivity contribution in [2.75, 3.05) is 13.1 Å². The molecule has 1 atom stereocenters. The molecule has 4 nitrogen and oxygen atoms in total. The van der Waals surface area contributed by atoms with Gasteiger partial charge in [0.1, 0.15) is 11.9 Å². The van der Waals surface area contributed by atoms with Crippen LogP contribution in [0.25, 0.3) is 0 Å². The van der Waals surface area contributed by atoms with E-state index >= 15 is 0 Å². The van der Waals surface area contributed by atoms with Gasteiger partial charge >= 0.3 is 0 Å². The summed E-state index contributed by atoms with van der Waals surface area (Å²) in [6, 6.07) is 12.0. The van der Waals surface area contributed by atoms with Gasteiger partial charge in [0, 0.05) is 24.7 Å². The van der Waals surface area contributed by atoms with Crippen LogP contribution in [0.3, 0.4) is 0 Å². The zero-order valence-corrected chi connectivity index (χ0v) is 13.0. The highest BCUT2D eigenvalue weighted by molar-refractivity contribution is 5.79. The molecule has 1 amide bonds. The Hall–Kier alpha value is -2.43. The van der Waals surface area contributed by atoms with Gasteiger partial charge in [0.15, 0.2) is 0 Å². The van der Waals surface area contributed by atoms with E-state index in [4.69, 9.17) is 4.74 Å². The van der Waals surface area contributed by atoms with E-state index in [1.54, 1.807) is 23.1 Å². The van der Waals surface area contributed by atoms with Crippen LogP contribution in [-0.2, 0) is 11.2 Å². The van der Waals surface area contributed by atoms with E-state index in [1.165, 1.54) is 6.07 Å². The van der Waals surface area contributed by atoms with Gasteiger partial charge in [-0.05, 0) is 24.6 Å². The SMILES string of the molecule is Cc1cccc(OC2CCN(C(=O)Cc3ccccc3F)C2)n1. The molecule has 3 rings (SSSR count). The zero-order chi connectivity index (χ0) is 16.2. The van der Waals surface area contributed by atoms with E-state index in [-0.39, 0.29) is 24.2 Å². The van der Waals surface area contributed by atoms with Crippen molar-refractivity contribution in [3.63, 3.8) is 0 Å². The standard InChI is InChI=1S/C18H19FN2O2/c1-13-5-4-8-17(20-13)23-15-9-10-21(12-15)18(22)11-14-6-2-3-7-16(14)19/h2-8,15H,9-12H2,1H3. The molecule has 1 unspecified atom stereocenters. The predicted octanol–water partition coefficient (Wildman–Crippen LogP) is 2.75.